The normalized spacial score (nSPS) is 28.9. The van der Waals surface area contributed by atoms with E-state index < -0.39 is 21.2 Å². The van der Waals surface area contributed by atoms with Gasteiger partial charge in [0.2, 0.25) is 0 Å². The Morgan fingerprint density at radius 1 is 0.821 bits per heavy atom. The molecular weight excluding hydrogens is 366 g/mol. The number of hydrogen-bond donors (Lipinski definition) is 0. The Bertz CT molecular complexity index is 599. The number of benzene rings is 1. The highest BCUT2D eigenvalue weighted by Crippen LogP contribution is 2.42. The second-order valence-electron chi connectivity index (χ2n) is 9.77. The van der Waals surface area contributed by atoms with Crippen LogP contribution in [0, 0.1) is 42.2 Å². The molecular formula is C25H40F2Si. The summed E-state index contributed by atoms with van der Waals surface area (Å²) in [4.78, 5) is 0. The zero-order valence-electron chi connectivity index (χ0n) is 18.1. The number of halogens is 2. The largest absolute Gasteiger partial charge is 0.204 e. The topological polar surface area (TPSA) is 0 Å². The van der Waals surface area contributed by atoms with E-state index in [1.807, 2.05) is 6.07 Å². The van der Waals surface area contributed by atoms with E-state index in [9.17, 15) is 8.78 Å². The molecule has 0 unspecified atom stereocenters. The fourth-order valence-corrected chi connectivity index (χ4v) is 7.77. The van der Waals surface area contributed by atoms with Gasteiger partial charge in [-0.1, -0.05) is 76.5 Å². The van der Waals surface area contributed by atoms with E-state index in [1.165, 1.54) is 77.0 Å². The lowest BCUT2D eigenvalue weighted by Crippen LogP contribution is -2.28. The molecule has 0 aliphatic heterocycles. The maximum atomic E-state index is 14.1. The fourth-order valence-electron chi connectivity index (χ4n) is 5.82. The molecule has 1 aromatic rings. The molecule has 158 valence electrons. The molecule has 0 nitrogen and oxygen atoms in total. The molecule has 0 saturated heterocycles. The summed E-state index contributed by atoms with van der Waals surface area (Å²) in [7, 11) is -0.695. The third-order valence-corrected chi connectivity index (χ3v) is 10.0. The third kappa shape index (κ3) is 5.90. The van der Waals surface area contributed by atoms with E-state index in [-0.39, 0.29) is 0 Å². The molecule has 0 atom stereocenters. The van der Waals surface area contributed by atoms with Crippen LogP contribution in [-0.2, 0) is 0 Å². The second-order valence-corrected chi connectivity index (χ2v) is 11.6. The van der Waals surface area contributed by atoms with Gasteiger partial charge in [0.05, 0.1) is 9.52 Å². The molecule has 0 heterocycles. The molecule has 2 aliphatic rings. The molecule has 0 radical (unpaired) electrons. The summed E-state index contributed by atoms with van der Waals surface area (Å²) in [6, 6.07) is 4.73. The first-order valence-electron chi connectivity index (χ1n) is 12.0. The predicted molar refractivity (Wildman–Crippen MR) is 119 cm³/mol. The van der Waals surface area contributed by atoms with Gasteiger partial charge >= 0.3 is 0 Å². The number of hydrogen-bond acceptors (Lipinski definition) is 0. The zero-order chi connectivity index (χ0) is 19.9. The van der Waals surface area contributed by atoms with Crippen LogP contribution in [0.3, 0.4) is 0 Å². The molecule has 0 aromatic heterocycles. The first kappa shape index (κ1) is 22.0. The van der Waals surface area contributed by atoms with E-state index in [4.69, 9.17) is 0 Å². The van der Waals surface area contributed by atoms with Gasteiger partial charge in [-0.3, -0.25) is 0 Å². The zero-order valence-corrected chi connectivity index (χ0v) is 19.5. The minimum absolute atomic E-state index is 0.427. The van der Waals surface area contributed by atoms with Crippen LogP contribution in [0.4, 0.5) is 8.78 Å². The summed E-state index contributed by atoms with van der Waals surface area (Å²) in [6.07, 6.45) is 16.9. The van der Waals surface area contributed by atoms with Gasteiger partial charge in [-0.2, -0.15) is 0 Å². The molecule has 3 rings (SSSR count). The first-order chi connectivity index (χ1) is 13.6. The quantitative estimate of drug-likeness (QED) is 0.334. The summed E-state index contributed by atoms with van der Waals surface area (Å²) < 4.78 is 27.9. The van der Waals surface area contributed by atoms with Crippen molar-refractivity contribution < 1.29 is 8.78 Å². The van der Waals surface area contributed by atoms with Crippen LogP contribution < -0.4 is 5.19 Å². The standard InChI is InChI=1S/C25H40F2Si/c1-3-4-5-6-19-8-12-21(13-9-19)22-14-10-20(11-15-22)17-28-23-16-7-18(2)24(26)25(23)27/h7,16,19-22H,3-6,8-15,17,28H2,1-2H3/t19-,20-,21-,22-. The highest BCUT2D eigenvalue weighted by molar-refractivity contribution is 6.53. The van der Waals surface area contributed by atoms with Gasteiger partial charge in [0.1, 0.15) is 0 Å². The summed E-state index contributed by atoms with van der Waals surface area (Å²) in [5.74, 6) is 2.51. The third-order valence-electron chi connectivity index (χ3n) is 7.84. The Balaban J connectivity index is 1.37. The summed E-state index contributed by atoms with van der Waals surface area (Å²) in [5.41, 5.74) is 0.427. The van der Waals surface area contributed by atoms with Crippen LogP contribution in [0.1, 0.15) is 89.5 Å². The highest BCUT2D eigenvalue weighted by Gasteiger charge is 2.30. The molecule has 2 aliphatic carbocycles. The molecule has 1 aromatic carbocycles. The van der Waals surface area contributed by atoms with Crippen molar-refractivity contribution in [2.45, 2.75) is 96.9 Å². The van der Waals surface area contributed by atoms with E-state index >= 15 is 0 Å². The van der Waals surface area contributed by atoms with Gasteiger partial charge in [0.15, 0.2) is 11.6 Å². The number of rotatable bonds is 8. The molecule has 3 heteroatoms. The van der Waals surface area contributed by atoms with Crippen LogP contribution in [0.5, 0.6) is 0 Å². The van der Waals surface area contributed by atoms with E-state index in [0.29, 0.717) is 10.8 Å². The second kappa shape index (κ2) is 10.9. The minimum atomic E-state index is -0.695. The maximum Gasteiger partial charge on any atom is 0.161 e. The number of unbranched alkanes of at least 4 members (excludes halogenated alkanes) is 2. The monoisotopic (exact) mass is 406 g/mol. The lowest BCUT2D eigenvalue weighted by Gasteiger charge is -2.38. The number of aryl methyl sites for hydroxylation is 1. The average Bonchev–Trinajstić information content (AvgIpc) is 2.73. The van der Waals surface area contributed by atoms with Gasteiger partial charge in [-0.15, -0.1) is 0 Å². The van der Waals surface area contributed by atoms with Crippen molar-refractivity contribution in [3.63, 3.8) is 0 Å². The van der Waals surface area contributed by atoms with Crippen LogP contribution in [0.25, 0.3) is 0 Å². The van der Waals surface area contributed by atoms with Gasteiger partial charge in [0.25, 0.3) is 0 Å². The molecule has 28 heavy (non-hydrogen) atoms. The highest BCUT2D eigenvalue weighted by atomic mass is 28.2. The summed E-state index contributed by atoms with van der Waals surface area (Å²) in [5, 5.41) is 0.701. The minimum Gasteiger partial charge on any atom is -0.204 e. The maximum absolute atomic E-state index is 14.1. The Hall–Kier alpha value is -0.703. The van der Waals surface area contributed by atoms with E-state index in [2.05, 4.69) is 6.92 Å². The van der Waals surface area contributed by atoms with Crippen molar-refractivity contribution in [3.05, 3.63) is 29.3 Å². The fraction of sp³-hybridized carbons (Fsp3) is 0.760. The molecule has 0 spiro atoms. The lowest BCUT2D eigenvalue weighted by atomic mass is 9.69. The Morgan fingerprint density at radius 2 is 1.43 bits per heavy atom. The SMILES string of the molecule is CCCCC[C@H]1CC[C@H]([C@H]2CC[C@H](C[SiH2]c3ccc(C)c(F)c3F)CC2)CC1. The van der Waals surface area contributed by atoms with Crippen LogP contribution in [-0.4, -0.2) is 9.52 Å². The van der Waals surface area contributed by atoms with Crippen LogP contribution in [0.15, 0.2) is 12.1 Å². The van der Waals surface area contributed by atoms with Crippen molar-refractivity contribution in [2.75, 3.05) is 0 Å². The summed E-state index contributed by atoms with van der Waals surface area (Å²) in [6.45, 7) is 3.94. The van der Waals surface area contributed by atoms with Crippen molar-refractivity contribution in [2.24, 2.45) is 23.7 Å². The van der Waals surface area contributed by atoms with Gasteiger partial charge in [0, 0.05) is 0 Å². The average molecular weight is 407 g/mol. The lowest BCUT2D eigenvalue weighted by molar-refractivity contribution is 0.146. The van der Waals surface area contributed by atoms with Crippen molar-refractivity contribution >= 4 is 14.7 Å². The van der Waals surface area contributed by atoms with Gasteiger partial charge in [-0.25, -0.2) is 8.78 Å². The van der Waals surface area contributed by atoms with Crippen LogP contribution in [0.2, 0.25) is 6.04 Å². The van der Waals surface area contributed by atoms with Crippen LogP contribution >= 0.6 is 0 Å². The Labute approximate surface area is 173 Å². The van der Waals surface area contributed by atoms with Crippen molar-refractivity contribution in [1.29, 1.82) is 0 Å². The Morgan fingerprint density at radius 3 is 2.04 bits per heavy atom. The van der Waals surface area contributed by atoms with Gasteiger partial charge < -0.3 is 0 Å². The molecule has 2 fully saturated rings. The first-order valence-corrected chi connectivity index (χ1v) is 13.7. The van der Waals surface area contributed by atoms with Crippen molar-refractivity contribution in [1.82, 2.24) is 0 Å². The smallest absolute Gasteiger partial charge is 0.161 e. The molecule has 2 saturated carbocycles. The summed E-state index contributed by atoms with van der Waals surface area (Å²) >= 11 is 0. The van der Waals surface area contributed by atoms with Crippen molar-refractivity contribution in [3.8, 4) is 0 Å². The molecule has 0 amide bonds. The molecule has 0 N–H and O–H groups in total. The van der Waals surface area contributed by atoms with E-state index in [0.717, 1.165) is 29.7 Å². The Kier molecular flexibility index (Phi) is 8.56. The van der Waals surface area contributed by atoms with Gasteiger partial charge in [-0.05, 0) is 67.0 Å². The predicted octanol–water partition coefficient (Wildman–Crippen LogP) is 6.68. The molecule has 0 bridgehead atoms. The van der Waals surface area contributed by atoms with E-state index in [1.54, 1.807) is 13.0 Å².